The van der Waals surface area contributed by atoms with Crippen LogP contribution in [0.1, 0.15) is 41.7 Å². The molecule has 0 aromatic carbocycles. The smallest absolute Gasteiger partial charge is 0.274 e. The van der Waals surface area contributed by atoms with Gasteiger partial charge in [-0.25, -0.2) is 13.4 Å². The summed E-state index contributed by atoms with van der Waals surface area (Å²) in [5.41, 5.74) is 0.979. The number of fused-ring (bicyclic) bond motifs is 1. The van der Waals surface area contributed by atoms with E-state index in [4.69, 9.17) is 0 Å². The Morgan fingerprint density at radius 2 is 2.15 bits per heavy atom. The van der Waals surface area contributed by atoms with Crippen molar-refractivity contribution in [2.75, 3.05) is 19.3 Å². The van der Waals surface area contributed by atoms with Crippen molar-refractivity contribution < 1.29 is 17.6 Å². The van der Waals surface area contributed by atoms with Crippen LogP contribution in [0.25, 0.3) is 5.65 Å². The van der Waals surface area contributed by atoms with Crippen molar-refractivity contribution in [3.05, 3.63) is 35.5 Å². The van der Waals surface area contributed by atoms with Gasteiger partial charge in [0.2, 0.25) is 16.0 Å². The number of carbonyl (C=O) groups excluding carboxylic acids is 1. The summed E-state index contributed by atoms with van der Waals surface area (Å²) in [7, 11) is -3.26. The molecular formula is C17H23FN4O3S. The number of pyridine rings is 1. The summed E-state index contributed by atoms with van der Waals surface area (Å²) in [5.74, 6) is -1.29. The molecule has 0 bridgehead atoms. The third-order valence-corrected chi connectivity index (χ3v) is 6.02. The van der Waals surface area contributed by atoms with Crippen LogP contribution in [0, 0.1) is 12.9 Å². The van der Waals surface area contributed by atoms with Gasteiger partial charge < -0.3 is 5.32 Å². The lowest BCUT2D eigenvalue weighted by Gasteiger charge is -2.33. The quantitative estimate of drug-likeness (QED) is 0.853. The van der Waals surface area contributed by atoms with Crippen LogP contribution in [-0.2, 0) is 10.0 Å². The number of sulfonamides is 1. The Hall–Kier alpha value is -2.00. The minimum atomic E-state index is -3.26. The van der Waals surface area contributed by atoms with Gasteiger partial charge in [0.05, 0.1) is 6.26 Å². The normalized spacial score (nSPS) is 19.0. The number of carbonyl (C=O) groups is 1. The number of aromatic nitrogens is 2. The molecule has 1 aliphatic heterocycles. The van der Waals surface area contributed by atoms with E-state index in [1.165, 1.54) is 15.0 Å². The molecule has 7 nitrogen and oxygen atoms in total. The van der Waals surface area contributed by atoms with Gasteiger partial charge in [0.25, 0.3) is 5.91 Å². The zero-order valence-corrected chi connectivity index (χ0v) is 15.7. The minimum absolute atomic E-state index is 0.132. The summed E-state index contributed by atoms with van der Waals surface area (Å²) in [4.78, 5) is 16.3. The lowest BCUT2D eigenvalue weighted by atomic mass is 10.0. The fourth-order valence-corrected chi connectivity index (χ4v) is 4.61. The highest BCUT2D eigenvalue weighted by molar-refractivity contribution is 7.88. The molecule has 2 aromatic heterocycles. The third kappa shape index (κ3) is 3.88. The molecule has 1 amide bonds. The number of aryl methyl sites for hydroxylation is 1. The summed E-state index contributed by atoms with van der Waals surface area (Å²) in [6.45, 7) is 2.61. The topological polar surface area (TPSA) is 83.8 Å². The second-order valence-electron chi connectivity index (χ2n) is 6.75. The van der Waals surface area contributed by atoms with Crippen LogP contribution in [0.4, 0.5) is 4.39 Å². The van der Waals surface area contributed by atoms with Gasteiger partial charge in [0, 0.05) is 25.3 Å². The van der Waals surface area contributed by atoms with Gasteiger partial charge in [-0.15, -0.1) is 0 Å². The van der Waals surface area contributed by atoms with E-state index in [0.717, 1.165) is 24.8 Å². The van der Waals surface area contributed by atoms with Gasteiger partial charge in [-0.2, -0.15) is 8.70 Å². The van der Waals surface area contributed by atoms with Gasteiger partial charge in [-0.05, 0) is 37.8 Å². The first kappa shape index (κ1) is 18.8. The monoisotopic (exact) mass is 382 g/mol. The number of halogens is 1. The van der Waals surface area contributed by atoms with Crippen LogP contribution in [-0.4, -0.2) is 53.4 Å². The van der Waals surface area contributed by atoms with E-state index in [1.54, 1.807) is 18.3 Å². The van der Waals surface area contributed by atoms with Crippen LogP contribution < -0.4 is 5.32 Å². The van der Waals surface area contributed by atoms with Crippen molar-refractivity contribution in [3.8, 4) is 0 Å². The van der Waals surface area contributed by atoms with Crippen molar-refractivity contribution in [2.45, 2.75) is 38.6 Å². The Morgan fingerprint density at radius 1 is 1.38 bits per heavy atom. The maximum Gasteiger partial charge on any atom is 0.274 e. The second kappa shape index (κ2) is 7.32. The zero-order valence-electron chi connectivity index (χ0n) is 14.9. The average molecular weight is 382 g/mol. The maximum atomic E-state index is 14.4. The first-order chi connectivity index (χ1) is 12.3. The molecule has 26 heavy (non-hydrogen) atoms. The first-order valence-electron chi connectivity index (χ1n) is 8.66. The Balaban J connectivity index is 1.65. The standard InChI is InChI=1S/C17H23FN4O3S/c1-12-6-7-14-20-15(16(18)21(14)11-12)17(23)19-9-8-13-5-3-4-10-22(13)26(2,24)25/h6-7,11,13H,3-5,8-10H2,1-2H3,(H,19,23)/t13-/m0/s1. The minimum Gasteiger partial charge on any atom is -0.350 e. The number of hydrogen-bond acceptors (Lipinski definition) is 4. The van der Waals surface area contributed by atoms with E-state index in [1.807, 2.05) is 6.92 Å². The van der Waals surface area contributed by atoms with Gasteiger partial charge in [0.15, 0.2) is 5.69 Å². The van der Waals surface area contributed by atoms with E-state index in [-0.39, 0.29) is 18.3 Å². The summed E-state index contributed by atoms with van der Waals surface area (Å²) in [6.07, 6.45) is 5.86. The largest absolute Gasteiger partial charge is 0.350 e. The van der Waals surface area contributed by atoms with Crippen molar-refractivity contribution in [2.24, 2.45) is 0 Å². The molecular weight excluding hydrogens is 359 g/mol. The number of hydrogen-bond donors (Lipinski definition) is 1. The molecule has 0 unspecified atom stereocenters. The molecule has 3 heterocycles. The van der Waals surface area contributed by atoms with Crippen LogP contribution in [0.15, 0.2) is 18.3 Å². The highest BCUT2D eigenvalue weighted by Crippen LogP contribution is 2.22. The van der Waals surface area contributed by atoms with E-state index in [2.05, 4.69) is 10.3 Å². The van der Waals surface area contributed by atoms with E-state index in [0.29, 0.717) is 18.6 Å². The first-order valence-corrected chi connectivity index (χ1v) is 10.5. The molecule has 1 atom stereocenters. The third-order valence-electron chi connectivity index (χ3n) is 4.69. The van der Waals surface area contributed by atoms with Gasteiger partial charge in [-0.3, -0.25) is 9.20 Å². The van der Waals surface area contributed by atoms with Gasteiger partial charge in [0.1, 0.15) is 5.65 Å². The molecule has 9 heteroatoms. The molecule has 1 saturated heterocycles. The molecule has 2 aromatic rings. The van der Waals surface area contributed by atoms with Gasteiger partial charge >= 0.3 is 0 Å². The average Bonchev–Trinajstić information content (AvgIpc) is 2.91. The summed E-state index contributed by atoms with van der Waals surface area (Å²) in [5, 5.41) is 2.66. The Morgan fingerprint density at radius 3 is 2.88 bits per heavy atom. The van der Waals surface area contributed by atoms with Crippen LogP contribution >= 0.6 is 0 Å². The van der Waals surface area contributed by atoms with E-state index < -0.39 is 21.9 Å². The number of imidazole rings is 1. The van der Waals surface area contributed by atoms with Crippen LogP contribution in [0.2, 0.25) is 0 Å². The highest BCUT2D eigenvalue weighted by Gasteiger charge is 2.29. The molecule has 1 aliphatic rings. The molecule has 0 spiro atoms. The lowest BCUT2D eigenvalue weighted by molar-refractivity contribution is 0.0940. The van der Waals surface area contributed by atoms with Crippen molar-refractivity contribution in [1.29, 1.82) is 0 Å². The van der Waals surface area contributed by atoms with Crippen molar-refractivity contribution in [3.63, 3.8) is 0 Å². The molecule has 0 aliphatic carbocycles. The Labute approximate surface area is 152 Å². The molecule has 1 fully saturated rings. The fourth-order valence-electron chi connectivity index (χ4n) is 3.40. The van der Waals surface area contributed by atoms with Crippen LogP contribution in [0.3, 0.4) is 0 Å². The highest BCUT2D eigenvalue weighted by atomic mass is 32.2. The SMILES string of the molecule is Cc1ccc2nc(C(=O)NCC[C@@H]3CCCCN3S(C)(=O)=O)c(F)n2c1. The molecule has 0 radical (unpaired) electrons. The van der Waals surface area contributed by atoms with Crippen LogP contribution in [0.5, 0.6) is 0 Å². The molecule has 142 valence electrons. The van der Waals surface area contributed by atoms with E-state index in [9.17, 15) is 17.6 Å². The molecule has 1 N–H and O–H groups in total. The number of rotatable bonds is 5. The lowest BCUT2D eigenvalue weighted by Crippen LogP contribution is -2.44. The number of amides is 1. The number of nitrogens with zero attached hydrogens (tertiary/aromatic N) is 3. The van der Waals surface area contributed by atoms with E-state index >= 15 is 0 Å². The summed E-state index contributed by atoms with van der Waals surface area (Å²) in [6, 6.07) is 3.32. The number of piperidine rings is 1. The maximum absolute atomic E-state index is 14.4. The molecule has 0 saturated carbocycles. The predicted octanol–water partition coefficient (Wildman–Crippen LogP) is 1.72. The zero-order chi connectivity index (χ0) is 18.9. The Kier molecular flexibility index (Phi) is 5.29. The predicted molar refractivity (Wildman–Crippen MR) is 96.0 cm³/mol. The van der Waals surface area contributed by atoms with Gasteiger partial charge in [-0.1, -0.05) is 12.5 Å². The molecule has 3 rings (SSSR count). The number of nitrogens with one attached hydrogen (secondary N) is 1. The summed E-state index contributed by atoms with van der Waals surface area (Å²) < 4.78 is 40.9. The van der Waals surface area contributed by atoms with Crippen molar-refractivity contribution >= 4 is 21.6 Å². The second-order valence-corrected chi connectivity index (χ2v) is 8.69. The fraction of sp³-hybridized carbons (Fsp3) is 0.529. The van der Waals surface area contributed by atoms with Crippen molar-refractivity contribution in [1.82, 2.24) is 19.0 Å². The Bertz CT molecular complexity index is 925. The summed E-state index contributed by atoms with van der Waals surface area (Å²) >= 11 is 0.